The number of amides is 1. The van der Waals surface area contributed by atoms with Crippen LogP contribution >= 0.6 is 11.3 Å². The fraction of sp³-hybridized carbons (Fsp3) is 0.500. The standard InChI is InChI=1S/C12H12F3NO3S/c13-12(14,15)9-2-1-8(11(18)19)16(9)10(17)5-7-3-4-20-6-7/h3-4,6,8-9H,1-2,5H2,(H,18,19)/t8-,9+/m0/s1. The van der Waals surface area contributed by atoms with Crippen LogP contribution in [0.25, 0.3) is 0 Å². The van der Waals surface area contributed by atoms with Crippen molar-refractivity contribution in [3.63, 3.8) is 0 Å². The fourth-order valence-electron chi connectivity index (χ4n) is 2.38. The molecule has 2 rings (SSSR count). The van der Waals surface area contributed by atoms with E-state index in [1.165, 1.54) is 11.3 Å². The van der Waals surface area contributed by atoms with Crippen LogP contribution in [0.5, 0.6) is 0 Å². The molecule has 0 saturated carbocycles. The molecule has 1 saturated heterocycles. The molecule has 1 fully saturated rings. The van der Waals surface area contributed by atoms with Crippen molar-refractivity contribution in [2.75, 3.05) is 0 Å². The van der Waals surface area contributed by atoms with E-state index in [1.807, 2.05) is 0 Å². The second-order valence-corrected chi connectivity index (χ2v) is 5.38. The molecule has 0 bridgehead atoms. The lowest BCUT2D eigenvalue weighted by Crippen LogP contribution is -2.51. The minimum atomic E-state index is -4.60. The van der Waals surface area contributed by atoms with E-state index in [2.05, 4.69) is 0 Å². The number of hydrogen-bond donors (Lipinski definition) is 1. The SMILES string of the molecule is O=C(O)[C@@H]1CC[C@H](C(F)(F)F)N1C(=O)Cc1ccsc1. The molecule has 1 aromatic rings. The molecule has 0 aliphatic carbocycles. The molecule has 1 amide bonds. The van der Waals surface area contributed by atoms with E-state index in [9.17, 15) is 22.8 Å². The van der Waals surface area contributed by atoms with Gasteiger partial charge in [0.05, 0.1) is 6.42 Å². The van der Waals surface area contributed by atoms with Gasteiger partial charge >= 0.3 is 12.1 Å². The Balaban J connectivity index is 2.21. The smallest absolute Gasteiger partial charge is 0.408 e. The van der Waals surface area contributed by atoms with Crippen molar-refractivity contribution in [1.29, 1.82) is 0 Å². The zero-order valence-corrected chi connectivity index (χ0v) is 11.1. The topological polar surface area (TPSA) is 57.6 Å². The molecule has 1 N–H and O–H groups in total. The molecule has 4 nitrogen and oxygen atoms in total. The third-order valence-corrected chi connectivity index (χ3v) is 4.00. The number of aliphatic carboxylic acids is 1. The van der Waals surface area contributed by atoms with Crippen LogP contribution in [0.4, 0.5) is 13.2 Å². The van der Waals surface area contributed by atoms with Crippen molar-refractivity contribution in [1.82, 2.24) is 4.90 Å². The summed E-state index contributed by atoms with van der Waals surface area (Å²) in [6.45, 7) is 0. The highest BCUT2D eigenvalue weighted by Crippen LogP contribution is 2.36. The Labute approximate surface area is 116 Å². The second kappa shape index (κ2) is 5.43. The summed E-state index contributed by atoms with van der Waals surface area (Å²) in [7, 11) is 0. The Morgan fingerprint density at radius 1 is 1.40 bits per heavy atom. The summed E-state index contributed by atoms with van der Waals surface area (Å²) in [5.74, 6) is -2.19. The molecule has 2 atom stereocenters. The van der Waals surface area contributed by atoms with Crippen molar-refractivity contribution in [3.8, 4) is 0 Å². The van der Waals surface area contributed by atoms with Crippen LogP contribution in [-0.2, 0) is 16.0 Å². The molecule has 0 spiro atoms. The van der Waals surface area contributed by atoms with E-state index >= 15 is 0 Å². The zero-order valence-electron chi connectivity index (χ0n) is 10.3. The lowest BCUT2D eigenvalue weighted by atomic mass is 10.2. The predicted octanol–water partition coefficient (Wildman–Crippen LogP) is 2.30. The van der Waals surface area contributed by atoms with E-state index in [0.717, 1.165) is 0 Å². The Kier molecular flexibility index (Phi) is 4.03. The number of nitrogens with zero attached hydrogens (tertiary/aromatic N) is 1. The van der Waals surface area contributed by atoms with Crippen molar-refractivity contribution < 1.29 is 27.9 Å². The number of carbonyl (C=O) groups is 2. The summed E-state index contributed by atoms with van der Waals surface area (Å²) >= 11 is 1.33. The molecule has 1 aromatic heterocycles. The van der Waals surface area contributed by atoms with E-state index < -0.39 is 30.1 Å². The Morgan fingerprint density at radius 3 is 2.60 bits per heavy atom. The minimum Gasteiger partial charge on any atom is -0.480 e. The minimum absolute atomic E-state index is 0.172. The zero-order chi connectivity index (χ0) is 14.9. The van der Waals surface area contributed by atoms with Gasteiger partial charge in [-0.05, 0) is 35.2 Å². The maximum atomic E-state index is 12.9. The van der Waals surface area contributed by atoms with Gasteiger partial charge < -0.3 is 10.0 Å². The highest BCUT2D eigenvalue weighted by molar-refractivity contribution is 7.07. The highest BCUT2D eigenvalue weighted by Gasteiger charge is 2.53. The molecule has 1 aliphatic heterocycles. The quantitative estimate of drug-likeness (QED) is 0.932. The van der Waals surface area contributed by atoms with Crippen molar-refractivity contribution in [3.05, 3.63) is 22.4 Å². The Bertz CT molecular complexity index is 501. The second-order valence-electron chi connectivity index (χ2n) is 4.60. The summed E-state index contributed by atoms with van der Waals surface area (Å²) in [5, 5.41) is 12.4. The molecule has 1 aliphatic rings. The molecule has 0 unspecified atom stereocenters. The lowest BCUT2D eigenvalue weighted by Gasteiger charge is -2.29. The van der Waals surface area contributed by atoms with Crippen molar-refractivity contribution >= 4 is 23.2 Å². The van der Waals surface area contributed by atoms with Gasteiger partial charge in [-0.3, -0.25) is 4.79 Å². The third kappa shape index (κ3) is 2.95. The Hall–Kier alpha value is -1.57. The van der Waals surface area contributed by atoms with Gasteiger partial charge in [0.2, 0.25) is 5.91 Å². The summed E-state index contributed by atoms with van der Waals surface area (Å²) in [4.78, 5) is 23.6. The molecule has 0 radical (unpaired) electrons. The molecule has 0 aromatic carbocycles. The maximum Gasteiger partial charge on any atom is 0.408 e. The first kappa shape index (κ1) is 14.8. The van der Waals surface area contributed by atoms with Gasteiger partial charge in [-0.2, -0.15) is 24.5 Å². The van der Waals surface area contributed by atoms with E-state index in [-0.39, 0.29) is 19.3 Å². The number of hydrogen-bond acceptors (Lipinski definition) is 3. The largest absolute Gasteiger partial charge is 0.480 e. The van der Waals surface area contributed by atoms with E-state index in [4.69, 9.17) is 5.11 Å². The number of thiophene rings is 1. The maximum absolute atomic E-state index is 12.9. The molecule has 110 valence electrons. The van der Waals surface area contributed by atoms with Crippen LogP contribution in [-0.4, -0.2) is 40.1 Å². The van der Waals surface area contributed by atoms with Crippen LogP contribution in [0.15, 0.2) is 16.8 Å². The molecular formula is C12H12F3NO3S. The van der Waals surface area contributed by atoms with Crippen LogP contribution in [0.3, 0.4) is 0 Å². The van der Waals surface area contributed by atoms with Crippen LogP contribution < -0.4 is 0 Å². The predicted molar refractivity (Wildman–Crippen MR) is 65.4 cm³/mol. The normalized spacial score (nSPS) is 23.1. The highest BCUT2D eigenvalue weighted by atomic mass is 32.1. The van der Waals surface area contributed by atoms with Gasteiger partial charge in [-0.25, -0.2) is 4.79 Å². The van der Waals surface area contributed by atoms with Gasteiger partial charge in [0.15, 0.2) is 0 Å². The van der Waals surface area contributed by atoms with Crippen LogP contribution in [0.2, 0.25) is 0 Å². The number of alkyl halides is 3. The van der Waals surface area contributed by atoms with Gasteiger partial charge in [0.1, 0.15) is 12.1 Å². The van der Waals surface area contributed by atoms with Gasteiger partial charge in [0, 0.05) is 0 Å². The molecule has 2 heterocycles. The Morgan fingerprint density at radius 2 is 2.10 bits per heavy atom. The monoisotopic (exact) mass is 307 g/mol. The summed E-state index contributed by atoms with van der Waals surface area (Å²) in [5.41, 5.74) is 0.594. The molecule has 20 heavy (non-hydrogen) atoms. The van der Waals surface area contributed by atoms with Crippen LogP contribution in [0.1, 0.15) is 18.4 Å². The average Bonchev–Trinajstić information content (AvgIpc) is 2.95. The molecule has 8 heteroatoms. The number of rotatable bonds is 3. The fourth-order valence-corrected chi connectivity index (χ4v) is 3.05. The first-order chi connectivity index (χ1) is 9.30. The van der Waals surface area contributed by atoms with Crippen molar-refractivity contribution in [2.24, 2.45) is 0 Å². The van der Waals surface area contributed by atoms with E-state index in [1.54, 1.807) is 16.8 Å². The first-order valence-corrected chi connectivity index (χ1v) is 6.86. The number of carboxylic acids is 1. The van der Waals surface area contributed by atoms with Crippen molar-refractivity contribution in [2.45, 2.75) is 37.5 Å². The van der Waals surface area contributed by atoms with E-state index in [0.29, 0.717) is 10.5 Å². The third-order valence-electron chi connectivity index (χ3n) is 3.27. The van der Waals surface area contributed by atoms with Crippen LogP contribution in [0, 0.1) is 0 Å². The van der Waals surface area contributed by atoms with Gasteiger partial charge in [-0.1, -0.05) is 0 Å². The lowest BCUT2D eigenvalue weighted by molar-refractivity contribution is -0.188. The van der Waals surface area contributed by atoms with Gasteiger partial charge in [-0.15, -0.1) is 0 Å². The first-order valence-electron chi connectivity index (χ1n) is 5.92. The average molecular weight is 307 g/mol. The summed E-state index contributed by atoms with van der Waals surface area (Å²) < 4.78 is 38.7. The number of likely N-dealkylation sites (tertiary alicyclic amines) is 1. The number of carboxylic acid groups (broad SMARTS) is 1. The number of halogens is 3. The number of carbonyl (C=O) groups excluding carboxylic acids is 1. The summed E-state index contributed by atoms with van der Waals surface area (Å²) in [6, 6.07) is -1.76. The van der Waals surface area contributed by atoms with Gasteiger partial charge in [0.25, 0.3) is 0 Å². The summed E-state index contributed by atoms with van der Waals surface area (Å²) in [6.07, 6.45) is -5.35. The molecular weight excluding hydrogens is 295 g/mol.